The molecule has 0 N–H and O–H groups in total. The molecule has 0 bridgehead atoms. The highest BCUT2D eigenvalue weighted by Crippen LogP contribution is 2.08. The monoisotopic (exact) mass is 263 g/mol. The fourth-order valence-electron chi connectivity index (χ4n) is 0.549. The Morgan fingerprint density at radius 3 is 3.18 bits per heavy atom. The Morgan fingerprint density at radius 1 is 1.82 bits per heavy atom. The molecule has 0 amide bonds. The number of aromatic nitrogens is 1. The van der Waals surface area contributed by atoms with E-state index >= 15 is 0 Å². The van der Waals surface area contributed by atoms with Gasteiger partial charge in [-0.15, -0.1) is 0 Å². The average Bonchev–Trinajstić information content (AvgIpc) is 2.37. The molecule has 0 aromatic carbocycles. The first kappa shape index (κ1) is 8.40. The molecule has 4 heteroatoms. The summed E-state index contributed by atoms with van der Waals surface area (Å²) in [5.41, 5.74) is 0. The van der Waals surface area contributed by atoms with Crippen molar-refractivity contribution in [2.45, 2.75) is 6.92 Å². The van der Waals surface area contributed by atoms with Crippen LogP contribution < -0.4 is 4.74 Å². The Balaban J connectivity index is 2.43. The summed E-state index contributed by atoms with van der Waals surface area (Å²) < 4.78 is 12.5. The molecule has 3 nitrogen and oxygen atoms in total. The van der Waals surface area contributed by atoms with E-state index in [0.29, 0.717) is 12.5 Å². The molecule has 58 valence electrons. The molecule has 11 heavy (non-hydrogen) atoms. The van der Waals surface area contributed by atoms with E-state index in [1.807, 2.05) is 29.5 Å². The van der Waals surface area contributed by atoms with Crippen molar-refractivity contribution >= 4 is 22.6 Å². The van der Waals surface area contributed by atoms with E-state index in [1.54, 1.807) is 6.07 Å². The average molecular weight is 263 g/mol. The zero-order valence-electron chi connectivity index (χ0n) is 5.93. The minimum atomic E-state index is 0.356. The van der Waals surface area contributed by atoms with E-state index in [0.717, 1.165) is 5.76 Å². The number of hydrogen-bond donors (Lipinski definition) is 0. The van der Waals surface area contributed by atoms with Gasteiger partial charge in [-0.1, -0.05) is 5.92 Å². The van der Waals surface area contributed by atoms with Crippen LogP contribution in [0.2, 0.25) is 0 Å². The summed E-state index contributed by atoms with van der Waals surface area (Å²) in [5, 5.41) is 3.62. The van der Waals surface area contributed by atoms with Crippen molar-refractivity contribution in [2.24, 2.45) is 0 Å². The molecule has 0 fully saturated rings. The molecule has 0 atom stereocenters. The van der Waals surface area contributed by atoms with Crippen molar-refractivity contribution in [2.75, 3.05) is 6.61 Å². The van der Waals surface area contributed by atoms with Crippen LogP contribution in [0, 0.1) is 16.8 Å². The van der Waals surface area contributed by atoms with E-state index < -0.39 is 0 Å². The van der Waals surface area contributed by atoms with Gasteiger partial charge in [-0.05, 0) is 16.0 Å². The first-order chi connectivity index (χ1) is 5.33. The van der Waals surface area contributed by atoms with Gasteiger partial charge in [0, 0.05) is 28.7 Å². The zero-order valence-corrected chi connectivity index (χ0v) is 8.08. The Hall–Kier alpha value is -0.700. The Labute approximate surface area is 78.2 Å². The highest BCUT2D eigenvalue weighted by molar-refractivity contribution is 14.1. The molecule has 0 saturated heterocycles. The maximum Gasteiger partial charge on any atom is 0.255 e. The van der Waals surface area contributed by atoms with E-state index in [1.165, 1.54) is 0 Å². The van der Waals surface area contributed by atoms with Gasteiger partial charge in [-0.25, -0.2) is 0 Å². The van der Waals surface area contributed by atoms with Crippen molar-refractivity contribution in [3.8, 4) is 15.7 Å². The van der Waals surface area contributed by atoms with E-state index in [9.17, 15) is 0 Å². The van der Waals surface area contributed by atoms with Gasteiger partial charge < -0.3 is 9.26 Å². The number of halogens is 1. The van der Waals surface area contributed by atoms with Crippen molar-refractivity contribution < 1.29 is 9.26 Å². The molecule has 0 aliphatic rings. The fourth-order valence-corrected chi connectivity index (χ4v) is 0.705. The van der Waals surface area contributed by atoms with Crippen LogP contribution in [0.4, 0.5) is 0 Å². The first-order valence-corrected chi connectivity index (χ1v) is 4.05. The van der Waals surface area contributed by atoms with Gasteiger partial charge in [0.25, 0.3) is 5.88 Å². The summed E-state index contributed by atoms with van der Waals surface area (Å²) in [4.78, 5) is 0. The molecule has 0 spiro atoms. The molecule has 1 aromatic heterocycles. The van der Waals surface area contributed by atoms with E-state index in [2.05, 4.69) is 15.0 Å². The molecule has 0 aliphatic carbocycles. The maximum absolute atomic E-state index is 5.08. The van der Waals surface area contributed by atoms with Gasteiger partial charge in [0.2, 0.25) is 0 Å². The second kappa shape index (κ2) is 4.23. The van der Waals surface area contributed by atoms with Crippen LogP contribution in [0.3, 0.4) is 0 Å². The summed E-state index contributed by atoms with van der Waals surface area (Å²) in [6, 6.07) is 1.72. The van der Waals surface area contributed by atoms with Crippen LogP contribution in [0.15, 0.2) is 10.6 Å². The lowest BCUT2D eigenvalue weighted by Gasteiger charge is -1.90. The van der Waals surface area contributed by atoms with Crippen LogP contribution >= 0.6 is 22.6 Å². The quantitative estimate of drug-likeness (QED) is 0.602. The molecule has 1 heterocycles. The number of hydrogen-bond acceptors (Lipinski definition) is 3. The first-order valence-electron chi connectivity index (χ1n) is 2.97. The second-order valence-electron chi connectivity index (χ2n) is 1.84. The van der Waals surface area contributed by atoms with Crippen molar-refractivity contribution in [1.82, 2.24) is 5.16 Å². The minimum Gasteiger partial charge on any atom is -0.462 e. The van der Waals surface area contributed by atoms with Gasteiger partial charge in [0.05, 0.1) is 0 Å². The SMILES string of the molecule is Cc1cc(OCC#CI)no1. The standard InChI is InChI=1S/C7H6INO2/c1-6-5-7(9-11-6)10-4-2-3-8/h5H,4H2,1H3. The number of aryl methyl sites for hydroxylation is 1. The predicted molar refractivity (Wildman–Crippen MR) is 48.5 cm³/mol. The van der Waals surface area contributed by atoms with Gasteiger partial charge in [0.1, 0.15) is 5.76 Å². The van der Waals surface area contributed by atoms with Crippen LogP contribution in [0.1, 0.15) is 5.76 Å². The molecule has 0 radical (unpaired) electrons. The lowest BCUT2D eigenvalue weighted by atomic mass is 10.5. The Bertz CT molecular complexity index is 284. The molecular weight excluding hydrogens is 257 g/mol. The summed E-state index contributed by atoms with van der Waals surface area (Å²) >= 11 is 1.95. The molecule has 1 rings (SSSR count). The normalized spacial score (nSPS) is 8.55. The molecular formula is C7H6INO2. The number of rotatable bonds is 2. The van der Waals surface area contributed by atoms with Gasteiger partial charge in [-0.3, -0.25) is 0 Å². The maximum atomic E-state index is 5.08. The third-order valence-corrected chi connectivity index (χ3v) is 1.35. The van der Waals surface area contributed by atoms with Crippen LogP contribution in [0.5, 0.6) is 5.88 Å². The molecule has 0 saturated carbocycles. The third kappa shape index (κ3) is 2.80. The Kier molecular flexibility index (Phi) is 3.23. The van der Waals surface area contributed by atoms with E-state index in [4.69, 9.17) is 9.26 Å². The number of nitrogens with zero attached hydrogens (tertiary/aromatic N) is 1. The lowest BCUT2D eigenvalue weighted by Crippen LogP contribution is -1.92. The summed E-state index contributed by atoms with van der Waals surface area (Å²) in [7, 11) is 0. The third-order valence-electron chi connectivity index (χ3n) is 0.965. The smallest absolute Gasteiger partial charge is 0.255 e. The summed E-state index contributed by atoms with van der Waals surface area (Å²) in [5.74, 6) is 3.96. The predicted octanol–water partition coefficient (Wildman–Crippen LogP) is 1.76. The van der Waals surface area contributed by atoms with Crippen molar-refractivity contribution in [3.05, 3.63) is 11.8 Å². The van der Waals surface area contributed by atoms with Gasteiger partial charge in [-0.2, -0.15) is 0 Å². The van der Waals surface area contributed by atoms with Gasteiger partial charge in [0.15, 0.2) is 6.61 Å². The topological polar surface area (TPSA) is 35.3 Å². The van der Waals surface area contributed by atoms with Crippen LogP contribution in [-0.4, -0.2) is 11.8 Å². The highest BCUT2D eigenvalue weighted by atomic mass is 127. The summed E-state index contributed by atoms with van der Waals surface area (Å²) in [6.07, 6.45) is 0. The molecule has 0 aliphatic heterocycles. The van der Waals surface area contributed by atoms with Crippen LogP contribution in [-0.2, 0) is 0 Å². The van der Waals surface area contributed by atoms with Crippen molar-refractivity contribution in [3.63, 3.8) is 0 Å². The fraction of sp³-hybridized carbons (Fsp3) is 0.286. The highest BCUT2D eigenvalue weighted by Gasteiger charge is 1.97. The molecule has 0 unspecified atom stereocenters. The minimum absolute atomic E-state index is 0.356. The van der Waals surface area contributed by atoms with E-state index in [-0.39, 0.29) is 0 Å². The number of ether oxygens (including phenoxy) is 1. The molecule has 1 aromatic rings. The zero-order chi connectivity index (χ0) is 8.10. The lowest BCUT2D eigenvalue weighted by molar-refractivity contribution is 0.309. The summed E-state index contributed by atoms with van der Waals surface area (Å²) in [6.45, 7) is 2.17. The van der Waals surface area contributed by atoms with Crippen molar-refractivity contribution in [1.29, 1.82) is 0 Å². The Morgan fingerprint density at radius 2 is 2.64 bits per heavy atom. The second-order valence-corrected chi connectivity index (χ2v) is 2.38. The van der Waals surface area contributed by atoms with Gasteiger partial charge >= 0.3 is 0 Å². The van der Waals surface area contributed by atoms with Crippen LogP contribution in [0.25, 0.3) is 0 Å². The largest absolute Gasteiger partial charge is 0.462 e.